The maximum Gasteiger partial charge on any atom is 0.414 e. The molecule has 2 heterocycles. The summed E-state index contributed by atoms with van der Waals surface area (Å²) < 4.78 is 10.3. The molecule has 6 heteroatoms. The molecule has 0 aliphatic carbocycles. The smallest absolute Gasteiger partial charge is 0.414 e. The second kappa shape index (κ2) is 5.73. The van der Waals surface area contributed by atoms with E-state index in [1.54, 1.807) is 34.1 Å². The Morgan fingerprint density at radius 2 is 1.95 bits per heavy atom. The molecule has 0 radical (unpaired) electrons. The van der Waals surface area contributed by atoms with Crippen LogP contribution >= 0.6 is 0 Å². The molecule has 2 aliphatic heterocycles. The van der Waals surface area contributed by atoms with Crippen molar-refractivity contribution in [3.8, 4) is 0 Å². The van der Waals surface area contributed by atoms with Gasteiger partial charge in [-0.25, -0.2) is 4.79 Å². The van der Waals surface area contributed by atoms with E-state index in [2.05, 4.69) is 0 Å². The van der Waals surface area contributed by atoms with Crippen LogP contribution in [0.5, 0.6) is 0 Å². The van der Waals surface area contributed by atoms with Gasteiger partial charge in [0.25, 0.3) is 5.91 Å². The van der Waals surface area contributed by atoms with Gasteiger partial charge in [-0.15, -0.1) is 0 Å². The highest BCUT2D eigenvalue weighted by Crippen LogP contribution is 2.20. The van der Waals surface area contributed by atoms with Gasteiger partial charge in [0, 0.05) is 24.3 Å². The lowest BCUT2D eigenvalue weighted by atomic mass is 10.1. The highest BCUT2D eigenvalue weighted by Gasteiger charge is 2.25. The number of ether oxygens (including phenoxy) is 2. The monoisotopic (exact) mass is 290 g/mol. The molecule has 2 saturated heterocycles. The maximum atomic E-state index is 12.4. The van der Waals surface area contributed by atoms with Gasteiger partial charge in [-0.3, -0.25) is 9.69 Å². The number of cyclic esters (lactones) is 1. The normalized spacial score (nSPS) is 22.3. The summed E-state index contributed by atoms with van der Waals surface area (Å²) in [6.45, 7) is 4.72. The molecule has 0 bridgehead atoms. The molecule has 0 N–H and O–H groups in total. The number of rotatable bonds is 2. The number of hydrogen-bond donors (Lipinski definition) is 0. The number of morpholine rings is 1. The molecule has 1 atom stereocenters. The van der Waals surface area contributed by atoms with Crippen LogP contribution in [0.1, 0.15) is 17.3 Å². The van der Waals surface area contributed by atoms with E-state index < -0.39 is 0 Å². The zero-order chi connectivity index (χ0) is 14.8. The summed E-state index contributed by atoms with van der Waals surface area (Å²) >= 11 is 0. The summed E-state index contributed by atoms with van der Waals surface area (Å²) in [6, 6.07) is 7.07. The minimum Gasteiger partial charge on any atom is -0.447 e. The van der Waals surface area contributed by atoms with E-state index in [1.165, 1.54) is 0 Å². The van der Waals surface area contributed by atoms with E-state index in [9.17, 15) is 9.59 Å². The lowest BCUT2D eigenvalue weighted by Gasteiger charge is -2.31. The minimum atomic E-state index is -0.337. The third-order valence-electron chi connectivity index (χ3n) is 3.72. The van der Waals surface area contributed by atoms with Crippen LogP contribution in [0.2, 0.25) is 0 Å². The van der Waals surface area contributed by atoms with Gasteiger partial charge in [-0.2, -0.15) is 0 Å². The lowest BCUT2D eigenvalue weighted by Crippen LogP contribution is -2.44. The Balaban J connectivity index is 1.71. The second-order valence-electron chi connectivity index (χ2n) is 5.25. The first kappa shape index (κ1) is 13.9. The van der Waals surface area contributed by atoms with Crippen LogP contribution in [-0.2, 0) is 9.47 Å². The second-order valence-corrected chi connectivity index (χ2v) is 5.25. The van der Waals surface area contributed by atoms with E-state index in [1.807, 2.05) is 6.92 Å². The maximum absolute atomic E-state index is 12.4. The third kappa shape index (κ3) is 2.85. The molecular weight excluding hydrogens is 272 g/mol. The summed E-state index contributed by atoms with van der Waals surface area (Å²) in [4.78, 5) is 27.3. The number of carbonyl (C=O) groups excluding carboxylic acids is 2. The van der Waals surface area contributed by atoms with E-state index >= 15 is 0 Å². The van der Waals surface area contributed by atoms with Crippen molar-refractivity contribution in [2.24, 2.45) is 0 Å². The predicted molar refractivity (Wildman–Crippen MR) is 76.5 cm³/mol. The molecule has 1 aromatic carbocycles. The molecule has 112 valence electrons. The number of benzene rings is 1. The number of nitrogens with zero attached hydrogens (tertiary/aromatic N) is 2. The Morgan fingerprint density at radius 3 is 2.57 bits per heavy atom. The van der Waals surface area contributed by atoms with Gasteiger partial charge < -0.3 is 14.4 Å². The molecule has 2 fully saturated rings. The standard InChI is InChI=1S/C15H18N2O4/c1-11-10-16(6-8-20-11)14(18)12-2-4-13(5-3-12)17-7-9-21-15(17)19/h2-5,11H,6-10H2,1H3. The number of hydrogen-bond acceptors (Lipinski definition) is 4. The number of carbonyl (C=O) groups is 2. The van der Waals surface area contributed by atoms with Crippen molar-refractivity contribution in [1.82, 2.24) is 4.90 Å². The summed E-state index contributed by atoms with van der Waals surface area (Å²) in [7, 11) is 0. The predicted octanol–water partition coefficient (Wildman–Crippen LogP) is 1.50. The minimum absolute atomic E-state index is 0.000647. The Morgan fingerprint density at radius 1 is 1.19 bits per heavy atom. The van der Waals surface area contributed by atoms with Crippen molar-refractivity contribution < 1.29 is 19.1 Å². The van der Waals surface area contributed by atoms with Crippen LogP contribution < -0.4 is 4.90 Å². The van der Waals surface area contributed by atoms with Gasteiger partial charge in [0.05, 0.1) is 19.3 Å². The molecule has 21 heavy (non-hydrogen) atoms. The number of amides is 2. The SMILES string of the molecule is CC1CN(C(=O)c2ccc(N3CCOC3=O)cc2)CCO1. The van der Waals surface area contributed by atoms with E-state index in [0.717, 1.165) is 5.69 Å². The molecular formula is C15H18N2O4. The van der Waals surface area contributed by atoms with Crippen LogP contribution in [0.4, 0.5) is 10.5 Å². The fourth-order valence-corrected chi connectivity index (χ4v) is 2.60. The molecule has 1 aromatic rings. The Hall–Kier alpha value is -2.08. The van der Waals surface area contributed by atoms with E-state index in [-0.39, 0.29) is 18.1 Å². The van der Waals surface area contributed by atoms with Crippen LogP contribution in [0, 0.1) is 0 Å². The van der Waals surface area contributed by atoms with Gasteiger partial charge in [-0.1, -0.05) is 0 Å². The van der Waals surface area contributed by atoms with Crippen LogP contribution in [0.25, 0.3) is 0 Å². The average Bonchev–Trinajstić information content (AvgIpc) is 2.93. The highest BCUT2D eigenvalue weighted by atomic mass is 16.6. The van der Waals surface area contributed by atoms with E-state index in [4.69, 9.17) is 9.47 Å². The fraction of sp³-hybridized carbons (Fsp3) is 0.467. The zero-order valence-electron chi connectivity index (χ0n) is 11.9. The number of anilines is 1. The molecule has 0 spiro atoms. The fourth-order valence-electron chi connectivity index (χ4n) is 2.60. The first-order chi connectivity index (χ1) is 10.1. The third-order valence-corrected chi connectivity index (χ3v) is 3.72. The highest BCUT2D eigenvalue weighted by molar-refractivity contribution is 5.95. The van der Waals surface area contributed by atoms with Crippen molar-refractivity contribution in [3.63, 3.8) is 0 Å². The van der Waals surface area contributed by atoms with Gasteiger partial charge in [0.2, 0.25) is 0 Å². The van der Waals surface area contributed by atoms with Gasteiger partial charge in [0.1, 0.15) is 6.61 Å². The van der Waals surface area contributed by atoms with Crippen molar-refractivity contribution >= 4 is 17.7 Å². The van der Waals surface area contributed by atoms with Crippen molar-refractivity contribution in [1.29, 1.82) is 0 Å². The van der Waals surface area contributed by atoms with Crippen molar-refractivity contribution in [2.75, 3.05) is 37.7 Å². The molecule has 0 aromatic heterocycles. The summed E-state index contributed by atoms with van der Waals surface area (Å²) in [5.74, 6) is 0.000647. The largest absolute Gasteiger partial charge is 0.447 e. The van der Waals surface area contributed by atoms with Gasteiger partial charge >= 0.3 is 6.09 Å². The Labute approximate surface area is 123 Å². The average molecular weight is 290 g/mol. The van der Waals surface area contributed by atoms with Crippen molar-refractivity contribution in [2.45, 2.75) is 13.0 Å². The molecule has 2 amide bonds. The first-order valence-electron chi connectivity index (χ1n) is 7.10. The van der Waals surface area contributed by atoms with E-state index in [0.29, 0.717) is 38.4 Å². The summed E-state index contributed by atoms with van der Waals surface area (Å²) in [5, 5.41) is 0. The summed E-state index contributed by atoms with van der Waals surface area (Å²) in [6.07, 6.45) is -0.266. The molecule has 6 nitrogen and oxygen atoms in total. The molecule has 2 aliphatic rings. The van der Waals surface area contributed by atoms with Crippen LogP contribution in [0.3, 0.4) is 0 Å². The van der Waals surface area contributed by atoms with Crippen LogP contribution in [-0.4, -0.2) is 55.9 Å². The van der Waals surface area contributed by atoms with Crippen molar-refractivity contribution in [3.05, 3.63) is 29.8 Å². The molecule has 0 saturated carbocycles. The zero-order valence-corrected chi connectivity index (χ0v) is 11.9. The molecule has 3 rings (SSSR count). The lowest BCUT2D eigenvalue weighted by molar-refractivity contribution is -0.0124. The van der Waals surface area contributed by atoms with Crippen LogP contribution in [0.15, 0.2) is 24.3 Å². The first-order valence-corrected chi connectivity index (χ1v) is 7.10. The Kier molecular flexibility index (Phi) is 3.79. The summed E-state index contributed by atoms with van der Waals surface area (Å²) in [5.41, 5.74) is 1.38. The topological polar surface area (TPSA) is 59.1 Å². The van der Waals surface area contributed by atoms with Gasteiger partial charge in [-0.05, 0) is 31.2 Å². The van der Waals surface area contributed by atoms with Gasteiger partial charge in [0.15, 0.2) is 0 Å². The molecule has 1 unspecified atom stereocenters. The Bertz CT molecular complexity index is 543. The quantitative estimate of drug-likeness (QED) is 0.828.